The van der Waals surface area contributed by atoms with Crippen LogP contribution >= 0.6 is 0 Å². The van der Waals surface area contributed by atoms with Crippen LogP contribution in [0, 0.1) is 17.2 Å². The standard InChI is InChI=1S/C35H36N2O2/c1-3-27(2)24-28-8-16-33(17-9-28)37-26-30-10-18-34(19-11-30)38-22-4-5-23-39-35-20-14-32(15-21-35)31-12-6-29(25-36)7-13-31/h6-21,26-27H,3-5,22-24H2,1-2H3/t27-/m1/s1. The summed E-state index contributed by atoms with van der Waals surface area (Å²) in [5, 5.41) is 8.94. The number of aliphatic imine (C=N–C) groups is 1. The SMILES string of the molecule is CC[C@@H](C)Cc1ccc(N=Cc2ccc(OCCCCOc3ccc(-c4ccc(C#N)cc4)cc3)cc2)cc1. The van der Waals surface area contributed by atoms with E-state index < -0.39 is 0 Å². The van der Waals surface area contributed by atoms with Gasteiger partial charge in [0.25, 0.3) is 0 Å². The second kappa shape index (κ2) is 14.5. The van der Waals surface area contributed by atoms with Gasteiger partial charge in [-0.2, -0.15) is 5.26 Å². The molecule has 0 spiro atoms. The predicted octanol–water partition coefficient (Wildman–Crippen LogP) is 8.80. The van der Waals surface area contributed by atoms with Crippen molar-refractivity contribution >= 4 is 11.9 Å². The number of ether oxygens (including phenoxy) is 2. The highest BCUT2D eigenvalue weighted by Gasteiger charge is 2.02. The zero-order valence-corrected chi connectivity index (χ0v) is 22.8. The lowest BCUT2D eigenvalue weighted by atomic mass is 9.99. The molecule has 4 nitrogen and oxygen atoms in total. The van der Waals surface area contributed by atoms with E-state index >= 15 is 0 Å². The van der Waals surface area contributed by atoms with E-state index in [1.165, 1.54) is 12.0 Å². The van der Waals surface area contributed by atoms with Crippen LogP contribution in [0.4, 0.5) is 5.69 Å². The van der Waals surface area contributed by atoms with Gasteiger partial charge in [-0.3, -0.25) is 4.99 Å². The van der Waals surface area contributed by atoms with Crippen LogP contribution in [0.3, 0.4) is 0 Å². The minimum atomic E-state index is 0.646. The number of unbranched alkanes of at least 4 members (excludes halogenated alkanes) is 1. The van der Waals surface area contributed by atoms with Crippen molar-refractivity contribution in [2.75, 3.05) is 13.2 Å². The lowest BCUT2D eigenvalue weighted by molar-refractivity contribution is 0.266. The van der Waals surface area contributed by atoms with Gasteiger partial charge in [0.05, 0.1) is 30.5 Å². The molecular weight excluding hydrogens is 480 g/mol. The van der Waals surface area contributed by atoms with Gasteiger partial charge in [0.1, 0.15) is 11.5 Å². The van der Waals surface area contributed by atoms with Crippen molar-refractivity contribution in [2.45, 2.75) is 39.5 Å². The molecule has 4 heteroatoms. The Kier molecular flexibility index (Phi) is 10.3. The summed E-state index contributed by atoms with van der Waals surface area (Å²) in [5.74, 6) is 2.42. The van der Waals surface area contributed by atoms with Crippen molar-refractivity contribution in [3.05, 3.63) is 114 Å². The summed E-state index contributed by atoms with van der Waals surface area (Å²) in [5.41, 5.74) is 6.23. The van der Waals surface area contributed by atoms with Gasteiger partial charge in [-0.1, -0.05) is 56.7 Å². The van der Waals surface area contributed by atoms with Gasteiger partial charge in [0.15, 0.2) is 0 Å². The molecule has 0 saturated heterocycles. The smallest absolute Gasteiger partial charge is 0.119 e. The number of nitriles is 1. The highest BCUT2D eigenvalue weighted by atomic mass is 16.5. The quantitative estimate of drug-likeness (QED) is 0.132. The molecule has 0 unspecified atom stereocenters. The van der Waals surface area contributed by atoms with Crippen LogP contribution in [0.5, 0.6) is 11.5 Å². The molecule has 4 aromatic carbocycles. The van der Waals surface area contributed by atoms with Crippen LogP contribution in [0.1, 0.15) is 49.8 Å². The molecule has 1 atom stereocenters. The Labute approximate surface area is 232 Å². The number of benzene rings is 4. The first-order chi connectivity index (χ1) is 19.1. The average Bonchev–Trinajstić information content (AvgIpc) is 2.99. The monoisotopic (exact) mass is 516 g/mol. The summed E-state index contributed by atoms with van der Waals surface area (Å²) in [6, 6.07) is 34.3. The Morgan fingerprint density at radius 2 is 1.28 bits per heavy atom. The Hall–Kier alpha value is -4.36. The Bertz CT molecular complexity index is 1350. The normalized spacial score (nSPS) is 11.7. The van der Waals surface area contributed by atoms with Gasteiger partial charge < -0.3 is 9.47 Å². The van der Waals surface area contributed by atoms with E-state index in [0.29, 0.717) is 24.7 Å². The van der Waals surface area contributed by atoms with Gasteiger partial charge >= 0.3 is 0 Å². The van der Waals surface area contributed by atoms with Crippen molar-refractivity contribution in [3.8, 4) is 28.7 Å². The molecule has 4 aromatic rings. The predicted molar refractivity (Wildman–Crippen MR) is 160 cm³/mol. The van der Waals surface area contributed by atoms with Crippen LogP contribution in [-0.4, -0.2) is 19.4 Å². The molecule has 0 aliphatic heterocycles. The molecule has 39 heavy (non-hydrogen) atoms. The van der Waals surface area contributed by atoms with Crippen LogP contribution in [-0.2, 0) is 6.42 Å². The number of hydrogen-bond acceptors (Lipinski definition) is 4. The zero-order valence-electron chi connectivity index (χ0n) is 22.8. The maximum atomic E-state index is 8.94. The number of hydrogen-bond donors (Lipinski definition) is 0. The van der Waals surface area contributed by atoms with E-state index in [0.717, 1.165) is 53.1 Å². The van der Waals surface area contributed by atoms with Crippen LogP contribution in [0.15, 0.2) is 102 Å². The summed E-state index contributed by atoms with van der Waals surface area (Å²) in [4.78, 5) is 4.60. The van der Waals surface area contributed by atoms with Crippen molar-refractivity contribution < 1.29 is 9.47 Å². The lowest BCUT2D eigenvalue weighted by Gasteiger charge is -2.09. The maximum Gasteiger partial charge on any atom is 0.119 e. The highest BCUT2D eigenvalue weighted by molar-refractivity contribution is 5.82. The molecule has 0 radical (unpaired) electrons. The third-order valence-corrected chi connectivity index (χ3v) is 6.74. The minimum absolute atomic E-state index is 0.646. The van der Waals surface area contributed by atoms with Gasteiger partial charge in [-0.15, -0.1) is 0 Å². The van der Waals surface area contributed by atoms with E-state index in [1.807, 2.05) is 79.0 Å². The molecule has 0 bridgehead atoms. The van der Waals surface area contributed by atoms with Crippen LogP contribution in [0.25, 0.3) is 11.1 Å². The van der Waals surface area contributed by atoms with Gasteiger partial charge in [-0.25, -0.2) is 0 Å². The Morgan fingerprint density at radius 3 is 1.82 bits per heavy atom. The third-order valence-electron chi connectivity index (χ3n) is 6.74. The molecule has 0 aliphatic carbocycles. The van der Waals surface area contributed by atoms with Crippen molar-refractivity contribution in [3.63, 3.8) is 0 Å². The third kappa shape index (κ3) is 8.86. The molecule has 0 aromatic heterocycles. The van der Waals surface area contributed by atoms with E-state index in [9.17, 15) is 0 Å². The fourth-order valence-electron chi connectivity index (χ4n) is 4.13. The van der Waals surface area contributed by atoms with E-state index in [-0.39, 0.29) is 0 Å². The Balaban J connectivity index is 1.13. The topological polar surface area (TPSA) is 54.6 Å². The second-order valence-electron chi connectivity index (χ2n) is 9.83. The molecule has 0 heterocycles. The van der Waals surface area contributed by atoms with Gasteiger partial charge in [0.2, 0.25) is 0 Å². The zero-order chi connectivity index (χ0) is 27.3. The summed E-state index contributed by atoms with van der Waals surface area (Å²) in [7, 11) is 0. The van der Waals surface area contributed by atoms with Crippen LogP contribution < -0.4 is 9.47 Å². The van der Waals surface area contributed by atoms with Crippen molar-refractivity contribution in [2.24, 2.45) is 10.9 Å². The molecule has 0 aliphatic rings. The fourth-order valence-corrected chi connectivity index (χ4v) is 4.13. The maximum absolute atomic E-state index is 8.94. The van der Waals surface area contributed by atoms with Crippen molar-refractivity contribution in [1.29, 1.82) is 5.26 Å². The lowest BCUT2D eigenvalue weighted by Crippen LogP contribution is -2.02. The second-order valence-corrected chi connectivity index (χ2v) is 9.83. The molecule has 0 amide bonds. The Morgan fingerprint density at radius 1 is 0.744 bits per heavy atom. The molecule has 0 saturated carbocycles. The highest BCUT2D eigenvalue weighted by Crippen LogP contribution is 2.23. The molecule has 4 rings (SSSR count). The summed E-state index contributed by atoms with van der Waals surface area (Å²) >= 11 is 0. The molecule has 0 fully saturated rings. The largest absolute Gasteiger partial charge is 0.494 e. The summed E-state index contributed by atoms with van der Waals surface area (Å²) < 4.78 is 11.8. The van der Waals surface area contributed by atoms with E-state index in [2.05, 4.69) is 49.2 Å². The summed E-state index contributed by atoms with van der Waals surface area (Å²) in [6.45, 7) is 5.82. The molecule has 198 valence electrons. The molecule has 0 N–H and O–H groups in total. The first kappa shape index (κ1) is 27.7. The van der Waals surface area contributed by atoms with E-state index in [4.69, 9.17) is 14.7 Å². The fraction of sp³-hybridized carbons (Fsp3) is 0.257. The number of rotatable bonds is 13. The summed E-state index contributed by atoms with van der Waals surface area (Å²) in [6.07, 6.45) is 6.04. The van der Waals surface area contributed by atoms with Gasteiger partial charge in [-0.05, 0) is 108 Å². The van der Waals surface area contributed by atoms with Crippen molar-refractivity contribution in [1.82, 2.24) is 0 Å². The van der Waals surface area contributed by atoms with Gasteiger partial charge in [0, 0.05) is 6.21 Å². The average molecular weight is 517 g/mol. The molecular formula is C35H36N2O2. The first-order valence-electron chi connectivity index (χ1n) is 13.7. The first-order valence-corrected chi connectivity index (χ1v) is 13.7. The van der Waals surface area contributed by atoms with E-state index in [1.54, 1.807) is 0 Å². The van der Waals surface area contributed by atoms with Crippen LogP contribution in [0.2, 0.25) is 0 Å². The minimum Gasteiger partial charge on any atom is -0.494 e. The number of nitrogens with zero attached hydrogens (tertiary/aromatic N) is 2.